The number of hydrogen-bond acceptors (Lipinski definition) is 1. The number of pyridine rings is 1. The molecule has 6 rings (SSSR count). The fourth-order valence-electron chi connectivity index (χ4n) is 6.06. The van der Waals surface area contributed by atoms with Gasteiger partial charge in [-0.2, -0.15) is 0 Å². The molecule has 35 heavy (non-hydrogen) atoms. The van der Waals surface area contributed by atoms with E-state index >= 15 is 0 Å². The van der Waals surface area contributed by atoms with Gasteiger partial charge in [-0.3, -0.25) is 4.98 Å². The number of halogens is 1. The number of aromatic nitrogens is 2. The fraction of sp³-hybridized carbons (Fsp3) is 0.281. The average Bonchev–Trinajstić information content (AvgIpc) is 3.41. The number of fused-ring (bicyclic) bond motifs is 4. The highest BCUT2D eigenvalue weighted by atomic mass is 35.5. The average molecular weight is 479 g/mol. The van der Waals surface area contributed by atoms with Crippen molar-refractivity contribution in [1.82, 2.24) is 9.55 Å². The zero-order valence-electron chi connectivity index (χ0n) is 20.5. The number of aryl methyl sites for hydroxylation is 2. The van der Waals surface area contributed by atoms with Crippen LogP contribution in [0, 0.1) is 16.4 Å². The molecule has 0 spiro atoms. The molecule has 0 bridgehead atoms. The predicted octanol–water partition coefficient (Wildman–Crippen LogP) is 6.14. The number of benzene rings is 2. The first-order chi connectivity index (χ1) is 17.1. The summed E-state index contributed by atoms with van der Waals surface area (Å²) in [5.41, 5.74) is 6.95. The van der Waals surface area contributed by atoms with Crippen LogP contribution in [0.1, 0.15) is 55.0 Å². The van der Waals surface area contributed by atoms with Crippen molar-refractivity contribution in [2.45, 2.75) is 51.9 Å². The van der Waals surface area contributed by atoms with Gasteiger partial charge in [0.1, 0.15) is 0 Å². The summed E-state index contributed by atoms with van der Waals surface area (Å²) in [6, 6.07) is 19.8. The van der Waals surface area contributed by atoms with Crippen molar-refractivity contribution in [1.29, 1.82) is 0 Å². The van der Waals surface area contributed by atoms with Crippen LogP contribution in [0.15, 0.2) is 73.2 Å². The molecular weight excluding hydrogens is 448 g/mol. The van der Waals surface area contributed by atoms with Crippen molar-refractivity contribution in [3.63, 3.8) is 0 Å². The van der Waals surface area contributed by atoms with Crippen molar-refractivity contribution in [3.05, 3.63) is 121 Å². The molecule has 3 heteroatoms. The Morgan fingerprint density at radius 1 is 1.00 bits per heavy atom. The van der Waals surface area contributed by atoms with E-state index in [9.17, 15) is 0 Å². The maximum atomic E-state index is 6.43. The molecule has 2 aromatic carbocycles. The maximum Gasteiger partial charge on any atom is 0.0412 e. The molecule has 0 amide bonds. The first-order valence-electron chi connectivity index (χ1n) is 12.9. The third kappa shape index (κ3) is 4.04. The molecule has 2 aliphatic carbocycles. The highest BCUT2D eigenvalue weighted by Gasteiger charge is 2.25. The van der Waals surface area contributed by atoms with Crippen molar-refractivity contribution in [2.24, 2.45) is 5.92 Å². The summed E-state index contributed by atoms with van der Waals surface area (Å²) in [6.07, 6.45) is 14.3. The molecule has 0 radical (unpaired) electrons. The summed E-state index contributed by atoms with van der Waals surface area (Å²) in [5.74, 6) is 0.893. The van der Waals surface area contributed by atoms with Crippen LogP contribution in [0.3, 0.4) is 0 Å². The second-order valence-corrected chi connectivity index (χ2v) is 10.5. The molecule has 2 aromatic heterocycles. The van der Waals surface area contributed by atoms with Crippen LogP contribution < -0.4 is 10.4 Å². The molecule has 0 N–H and O–H groups in total. The molecule has 2 nitrogen and oxygen atoms in total. The van der Waals surface area contributed by atoms with Crippen molar-refractivity contribution < 1.29 is 0 Å². The third-order valence-corrected chi connectivity index (χ3v) is 8.09. The Balaban J connectivity index is 1.54. The Hall–Kier alpha value is -3.10. The van der Waals surface area contributed by atoms with Crippen LogP contribution in [0.5, 0.6) is 0 Å². The van der Waals surface area contributed by atoms with E-state index in [1.165, 1.54) is 49.7 Å². The van der Waals surface area contributed by atoms with Gasteiger partial charge in [0.15, 0.2) is 0 Å². The van der Waals surface area contributed by atoms with Crippen molar-refractivity contribution in [3.8, 4) is 0 Å². The molecule has 0 saturated heterocycles. The monoisotopic (exact) mass is 478 g/mol. The van der Waals surface area contributed by atoms with Gasteiger partial charge in [-0.1, -0.05) is 55.8 Å². The van der Waals surface area contributed by atoms with Crippen LogP contribution in [0.25, 0.3) is 11.8 Å². The SMILES string of the molecule is CCc1ccc(CCC2C=c3cc(Cl)ccc3=c3ccc4c(c32)CCC(C)C=4n2cccc2)cn1. The van der Waals surface area contributed by atoms with E-state index in [0.717, 1.165) is 36.4 Å². The minimum Gasteiger partial charge on any atom is -0.327 e. The Kier molecular flexibility index (Phi) is 5.86. The van der Waals surface area contributed by atoms with E-state index in [1.54, 1.807) is 0 Å². The van der Waals surface area contributed by atoms with Gasteiger partial charge < -0.3 is 4.57 Å². The van der Waals surface area contributed by atoms with Crippen LogP contribution in [-0.2, 0) is 19.3 Å². The van der Waals surface area contributed by atoms with E-state index in [1.807, 2.05) is 6.07 Å². The highest BCUT2D eigenvalue weighted by Crippen LogP contribution is 2.33. The number of rotatable bonds is 5. The Morgan fingerprint density at radius 3 is 2.57 bits per heavy atom. The lowest BCUT2D eigenvalue weighted by atomic mass is 9.78. The van der Waals surface area contributed by atoms with Gasteiger partial charge in [0.25, 0.3) is 0 Å². The van der Waals surface area contributed by atoms with Crippen LogP contribution >= 0.6 is 11.6 Å². The van der Waals surface area contributed by atoms with E-state index in [2.05, 4.69) is 96.6 Å². The molecule has 2 aliphatic rings. The molecule has 0 aliphatic heterocycles. The fourth-order valence-corrected chi connectivity index (χ4v) is 6.24. The van der Waals surface area contributed by atoms with Gasteiger partial charge >= 0.3 is 0 Å². The van der Waals surface area contributed by atoms with Gasteiger partial charge in [0, 0.05) is 40.9 Å². The van der Waals surface area contributed by atoms with Gasteiger partial charge in [0.05, 0.1) is 0 Å². The van der Waals surface area contributed by atoms with Crippen LogP contribution in [0.2, 0.25) is 5.02 Å². The Morgan fingerprint density at radius 2 is 1.80 bits per heavy atom. The second-order valence-electron chi connectivity index (χ2n) is 10.0. The predicted molar refractivity (Wildman–Crippen MR) is 145 cm³/mol. The smallest absolute Gasteiger partial charge is 0.0412 e. The largest absolute Gasteiger partial charge is 0.327 e. The molecule has 176 valence electrons. The normalized spacial score (nSPS) is 18.4. The summed E-state index contributed by atoms with van der Waals surface area (Å²) >= 11 is 6.43. The summed E-state index contributed by atoms with van der Waals surface area (Å²) in [6.45, 7) is 4.52. The van der Waals surface area contributed by atoms with Gasteiger partial charge in [-0.25, -0.2) is 0 Å². The van der Waals surface area contributed by atoms with E-state index in [4.69, 9.17) is 11.6 Å². The summed E-state index contributed by atoms with van der Waals surface area (Å²) in [7, 11) is 0. The van der Waals surface area contributed by atoms with E-state index in [-0.39, 0.29) is 0 Å². The minimum absolute atomic E-state index is 0.357. The Bertz CT molecular complexity index is 1600. The molecular formula is C32H31ClN2. The van der Waals surface area contributed by atoms with Crippen LogP contribution in [-0.4, -0.2) is 9.55 Å². The lowest BCUT2D eigenvalue weighted by molar-refractivity contribution is 0.606. The molecule has 2 unspecified atom stereocenters. The topological polar surface area (TPSA) is 17.8 Å². The maximum absolute atomic E-state index is 6.43. The van der Waals surface area contributed by atoms with Crippen LogP contribution in [0.4, 0.5) is 0 Å². The molecule has 4 aromatic rings. The quantitative estimate of drug-likeness (QED) is 0.337. The van der Waals surface area contributed by atoms with Gasteiger partial charge in [-0.15, -0.1) is 0 Å². The first-order valence-corrected chi connectivity index (χ1v) is 13.2. The minimum atomic E-state index is 0.357. The lowest BCUT2D eigenvalue weighted by Gasteiger charge is -2.29. The highest BCUT2D eigenvalue weighted by molar-refractivity contribution is 6.30. The van der Waals surface area contributed by atoms with E-state index < -0.39 is 0 Å². The lowest BCUT2D eigenvalue weighted by Crippen LogP contribution is -2.29. The zero-order chi connectivity index (χ0) is 23.9. The summed E-state index contributed by atoms with van der Waals surface area (Å²) in [5, 5.41) is 6.16. The molecule has 0 saturated carbocycles. The molecule has 2 heterocycles. The second kappa shape index (κ2) is 9.17. The Labute approximate surface area is 211 Å². The molecule has 0 fully saturated rings. The third-order valence-electron chi connectivity index (χ3n) is 7.86. The zero-order valence-corrected chi connectivity index (χ0v) is 21.2. The van der Waals surface area contributed by atoms with E-state index in [0.29, 0.717) is 11.8 Å². The number of nitrogens with zero attached hydrogens (tertiary/aromatic N) is 2. The van der Waals surface area contributed by atoms with Gasteiger partial charge in [-0.05, 0) is 106 Å². The van der Waals surface area contributed by atoms with Gasteiger partial charge in [0.2, 0.25) is 0 Å². The van der Waals surface area contributed by atoms with Crippen molar-refractivity contribution in [2.75, 3.05) is 0 Å². The summed E-state index contributed by atoms with van der Waals surface area (Å²) in [4.78, 5) is 4.64. The van der Waals surface area contributed by atoms with Crippen molar-refractivity contribution >= 4 is 23.4 Å². The first kappa shape index (κ1) is 22.4. The number of hydrogen-bond donors (Lipinski definition) is 0. The summed E-state index contributed by atoms with van der Waals surface area (Å²) < 4.78 is 2.32. The standard InChI is InChI=1S/C32H31ClN2/c1-3-26-11-8-22(20-34-26)7-9-23-18-24-19-25(33)10-13-27(24)28-14-15-30-29(31(23)28)12-6-21(2)32(30)35-16-4-5-17-35/h4-5,8,10-11,13-21,23H,3,6-7,9,12H2,1-2H3. The molecule has 2 atom stereocenters.